The highest BCUT2D eigenvalue weighted by Crippen LogP contribution is 2.52. The first-order valence-electron chi connectivity index (χ1n) is 23.3. The van der Waals surface area contributed by atoms with E-state index in [0.29, 0.717) is 23.5 Å². The van der Waals surface area contributed by atoms with Gasteiger partial charge in [0.05, 0.1) is 45.0 Å². The van der Waals surface area contributed by atoms with Gasteiger partial charge in [-0.3, -0.25) is 0 Å². The SMILES string of the molecule is FC(F)(F)c1c(C(F)(F)F)c2n(CCCCBr)c1/C(c1ccccc1)=c1/cc/c([nH]1)=C(\c1ccccc1)c1c(C(F)(F)F)c(C(F)(F)F)c(n1CCCCBr)/C(c1ccccc1)=c1/cc/c([nH]1)=C/2c1ccccc1. The zero-order valence-electron chi connectivity index (χ0n) is 38.7. The van der Waals surface area contributed by atoms with Crippen LogP contribution in [0.1, 0.15) is 93.0 Å². The molecular formula is C56H42Br2F12N4. The van der Waals surface area contributed by atoms with Crippen LogP contribution in [0.15, 0.2) is 146 Å². The molecule has 18 heteroatoms. The smallest absolute Gasteiger partial charge is 0.354 e. The number of alkyl halides is 14. The molecule has 8 aromatic rings. The van der Waals surface area contributed by atoms with E-state index in [0.717, 1.165) is 9.13 Å². The number of H-pyrrole nitrogens is 2. The molecule has 9 rings (SSSR count). The minimum atomic E-state index is -5.70. The van der Waals surface area contributed by atoms with Crippen molar-refractivity contribution in [3.63, 3.8) is 0 Å². The van der Waals surface area contributed by atoms with Crippen LogP contribution in [-0.2, 0) is 37.8 Å². The maximum Gasteiger partial charge on any atom is 0.419 e. The minimum Gasteiger partial charge on any atom is -0.354 e. The van der Waals surface area contributed by atoms with E-state index in [4.69, 9.17) is 0 Å². The van der Waals surface area contributed by atoms with E-state index < -0.39 is 105 Å². The predicted octanol–water partition coefficient (Wildman–Crippen LogP) is 13.7. The fourth-order valence-corrected chi connectivity index (χ4v) is 10.8. The quantitative estimate of drug-likeness (QED) is 0.0696. The Hall–Kier alpha value is -6.40. The van der Waals surface area contributed by atoms with E-state index in [1.165, 1.54) is 121 Å². The number of aromatic amines is 2. The second kappa shape index (κ2) is 20.7. The molecule has 2 N–H and O–H groups in total. The van der Waals surface area contributed by atoms with Crippen LogP contribution in [-0.4, -0.2) is 29.8 Å². The molecule has 384 valence electrons. The first-order valence-corrected chi connectivity index (χ1v) is 25.5. The van der Waals surface area contributed by atoms with Gasteiger partial charge in [-0.15, -0.1) is 0 Å². The van der Waals surface area contributed by atoms with Gasteiger partial charge in [0.25, 0.3) is 0 Å². The Morgan fingerprint density at radius 3 is 0.716 bits per heavy atom. The maximum absolute atomic E-state index is 16.4. The lowest BCUT2D eigenvalue weighted by Crippen LogP contribution is -2.24. The van der Waals surface area contributed by atoms with Gasteiger partial charge < -0.3 is 19.1 Å². The number of halogens is 14. The molecular weight excluding hydrogens is 1120 g/mol. The summed E-state index contributed by atoms with van der Waals surface area (Å²) in [5.41, 5.74) is -13.3. The van der Waals surface area contributed by atoms with E-state index >= 15 is 52.7 Å². The summed E-state index contributed by atoms with van der Waals surface area (Å²) in [6.07, 6.45) is -22.1. The molecule has 0 unspecified atom stereocenters. The van der Waals surface area contributed by atoms with Crippen molar-refractivity contribution in [2.45, 2.75) is 63.5 Å². The van der Waals surface area contributed by atoms with E-state index in [2.05, 4.69) is 41.8 Å². The summed E-state index contributed by atoms with van der Waals surface area (Å²) in [5.74, 6) is 0. The number of rotatable bonds is 12. The van der Waals surface area contributed by atoms with Crippen molar-refractivity contribution in [2.24, 2.45) is 0 Å². The van der Waals surface area contributed by atoms with Crippen molar-refractivity contribution < 1.29 is 52.7 Å². The number of hydrogen-bond acceptors (Lipinski definition) is 0. The Kier molecular flexibility index (Phi) is 14.7. The lowest BCUT2D eigenvalue weighted by Gasteiger charge is -2.20. The third-order valence-corrected chi connectivity index (χ3v) is 14.0. The molecule has 0 spiro atoms. The third-order valence-electron chi connectivity index (χ3n) is 12.8. The highest BCUT2D eigenvalue weighted by molar-refractivity contribution is 9.09. The summed E-state index contributed by atoms with van der Waals surface area (Å²) in [7, 11) is 0. The van der Waals surface area contributed by atoms with Crippen molar-refractivity contribution in [2.75, 3.05) is 10.7 Å². The second-order valence-electron chi connectivity index (χ2n) is 17.5. The van der Waals surface area contributed by atoms with Crippen LogP contribution in [0, 0.1) is 0 Å². The normalized spacial score (nSPS) is 16.5. The van der Waals surface area contributed by atoms with Crippen LogP contribution < -0.4 is 21.4 Å². The number of benzene rings is 4. The first-order chi connectivity index (χ1) is 35.3. The molecule has 0 fully saturated rings. The largest absolute Gasteiger partial charge is 0.419 e. The van der Waals surface area contributed by atoms with Gasteiger partial charge in [-0.25, -0.2) is 0 Å². The van der Waals surface area contributed by atoms with Crippen LogP contribution >= 0.6 is 31.9 Å². The molecule has 4 nitrogen and oxygen atoms in total. The predicted molar refractivity (Wildman–Crippen MR) is 267 cm³/mol. The van der Waals surface area contributed by atoms with Gasteiger partial charge >= 0.3 is 24.7 Å². The van der Waals surface area contributed by atoms with Gasteiger partial charge in [0.2, 0.25) is 0 Å². The van der Waals surface area contributed by atoms with Gasteiger partial charge in [0.15, 0.2) is 0 Å². The molecule has 5 heterocycles. The van der Waals surface area contributed by atoms with Gasteiger partial charge in [-0.1, -0.05) is 153 Å². The van der Waals surface area contributed by atoms with Gasteiger partial charge in [0, 0.05) is 67.4 Å². The van der Waals surface area contributed by atoms with E-state index in [-0.39, 0.29) is 56.5 Å². The Morgan fingerprint density at radius 1 is 0.311 bits per heavy atom. The summed E-state index contributed by atoms with van der Waals surface area (Å²) in [6.45, 7) is -0.807. The molecule has 0 amide bonds. The minimum absolute atomic E-state index is 0.00501. The van der Waals surface area contributed by atoms with Crippen molar-refractivity contribution in [1.82, 2.24) is 19.1 Å². The van der Waals surface area contributed by atoms with Crippen LogP contribution in [0.3, 0.4) is 0 Å². The van der Waals surface area contributed by atoms with Crippen molar-refractivity contribution in [1.29, 1.82) is 0 Å². The van der Waals surface area contributed by atoms with Gasteiger partial charge in [-0.2, -0.15) is 52.7 Å². The molecule has 74 heavy (non-hydrogen) atoms. The summed E-state index contributed by atoms with van der Waals surface area (Å²) < 4.78 is 198. The number of nitrogens with zero attached hydrogens (tertiary/aromatic N) is 2. The third kappa shape index (κ3) is 9.98. The molecule has 0 saturated heterocycles. The Balaban J connectivity index is 1.70. The monoisotopic (exact) mass is 1160 g/mol. The lowest BCUT2D eigenvalue weighted by atomic mass is 9.94. The van der Waals surface area contributed by atoms with Gasteiger partial charge in [0.1, 0.15) is 0 Å². The maximum atomic E-state index is 16.4. The zero-order chi connectivity index (χ0) is 52.7. The zero-order valence-corrected chi connectivity index (χ0v) is 41.9. The first kappa shape index (κ1) is 52.5. The van der Waals surface area contributed by atoms with Crippen LogP contribution in [0.25, 0.3) is 22.3 Å². The summed E-state index contributed by atoms with van der Waals surface area (Å²) in [5, 5.41) is -0.372. The van der Waals surface area contributed by atoms with Crippen molar-refractivity contribution >= 4 is 54.2 Å². The molecule has 8 bridgehead atoms. The van der Waals surface area contributed by atoms with Crippen LogP contribution in [0.2, 0.25) is 0 Å². The second-order valence-corrected chi connectivity index (χ2v) is 19.1. The van der Waals surface area contributed by atoms with E-state index in [1.807, 2.05) is 0 Å². The Morgan fingerprint density at radius 2 is 0.527 bits per heavy atom. The molecule has 1 aliphatic rings. The van der Waals surface area contributed by atoms with Gasteiger partial charge in [-0.05, 0) is 72.2 Å². The molecule has 1 aliphatic heterocycles. The fraction of sp³-hybridized carbons (Fsp3) is 0.214. The summed E-state index contributed by atoms with van der Waals surface area (Å²) in [6, 6.07) is 34.1. The number of hydrogen-bond donors (Lipinski definition) is 2. The standard InChI is InChI=1S/C56H42Br2F12N4/c57-29-13-15-31-73-49-41(33-17-5-1-6-18-33)37-25-26-38(71-37)42(34-19-7-2-8-20-34)51-47(55(65,66)67)48(56(68,69)70)52(74(51)32-16-14-30-58)44(36-23-11-4-12-24-36)40-28-27-39(72-40)43(35-21-9-3-10-22-35)50(73)46(54(62,63)64)45(49)53(59,60)61/h1-12,17-28,71-72H,13-16,29-32H2/b41-37-,42-38-,43-39-,44-40-,49-41?,50-43?,51-42?,52-44?. The average molecular weight is 1160 g/mol. The van der Waals surface area contributed by atoms with E-state index in [9.17, 15) is 0 Å². The Bertz CT molecular complexity index is 3110. The van der Waals surface area contributed by atoms with Crippen molar-refractivity contribution in [3.8, 4) is 0 Å². The van der Waals surface area contributed by atoms with Crippen LogP contribution in [0.4, 0.5) is 52.7 Å². The highest BCUT2D eigenvalue weighted by Gasteiger charge is 2.53. The number of aromatic nitrogens is 4. The molecule has 4 aromatic carbocycles. The molecule has 0 saturated carbocycles. The summed E-state index contributed by atoms with van der Waals surface area (Å²) >= 11 is 6.70. The highest BCUT2D eigenvalue weighted by atomic mass is 79.9. The number of fused-ring (bicyclic) bond motifs is 8. The molecule has 4 aromatic heterocycles. The lowest BCUT2D eigenvalue weighted by molar-refractivity contribution is -0.161. The Labute approximate surface area is 432 Å². The topological polar surface area (TPSA) is 41.4 Å². The molecule has 0 atom stereocenters. The summed E-state index contributed by atoms with van der Waals surface area (Å²) in [4.78, 5) is 6.01. The molecule has 0 radical (unpaired) electrons. The van der Waals surface area contributed by atoms with Crippen LogP contribution in [0.5, 0.6) is 0 Å². The van der Waals surface area contributed by atoms with E-state index in [1.54, 1.807) is 24.3 Å². The fourth-order valence-electron chi connectivity index (χ4n) is 10.0. The van der Waals surface area contributed by atoms with Crippen molar-refractivity contribution in [3.05, 3.63) is 234 Å². The number of nitrogens with one attached hydrogen (secondary N) is 2. The average Bonchev–Trinajstić information content (AvgIpc) is 4.17. The molecule has 0 aliphatic carbocycles. The number of unbranched alkanes of at least 4 members (excludes halogenated alkanes) is 2.